The third-order valence-electron chi connectivity index (χ3n) is 3.28. The lowest BCUT2D eigenvalue weighted by Gasteiger charge is -2.29. The van der Waals surface area contributed by atoms with Crippen LogP contribution in [0.15, 0.2) is 42.0 Å². The number of aromatic hydroxyl groups is 1. The van der Waals surface area contributed by atoms with Crippen molar-refractivity contribution in [1.82, 2.24) is 0 Å². The maximum absolute atomic E-state index is 11.9. The third-order valence-corrected chi connectivity index (χ3v) is 3.28. The summed E-state index contributed by atoms with van der Waals surface area (Å²) in [4.78, 5) is 23.8. The predicted molar refractivity (Wildman–Crippen MR) is 79.9 cm³/mol. The Morgan fingerprint density at radius 3 is 2.23 bits per heavy atom. The topological polar surface area (TPSA) is 72.8 Å². The Labute approximate surface area is 126 Å². The molecular formula is C17H14O5. The van der Waals surface area contributed by atoms with Crippen molar-refractivity contribution >= 4 is 28.8 Å². The summed E-state index contributed by atoms with van der Waals surface area (Å²) < 4.78 is 10.1. The van der Waals surface area contributed by atoms with Gasteiger partial charge in [0.05, 0.1) is 0 Å². The molecule has 0 atom stereocenters. The molecule has 1 aliphatic heterocycles. The van der Waals surface area contributed by atoms with E-state index >= 15 is 0 Å². The maximum Gasteiger partial charge on any atom is 0.348 e. The van der Waals surface area contributed by atoms with E-state index in [1.165, 1.54) is 19.9 Å². The van der Waals surface area contributed by atoms with Gasteiger partial charge in [-0.1, -0.05) is 18.2 Å². The highest BCUT2D eigenvalue weighted by atomic mass is 16.7. The minimum Gasteiger partial charge on any atom is -0.508 e. The number of rotatable bonds is 1. The van der Waals surface area contributed by atoms with Gasteiger partial charge in [0.2, 0.25) is 0 Å². The summed E-state index contributed by atoms with van der Waals surface area (Å²) in [7, 11) is 0. The molecule has 1 N–H and O–H groups in total. The van der Waals surface area contributed by atoms with Crippen LogP contribution in [0.2, 0.25) is 0 Å². The van der Waals surface area contributed by atoms with Gasteiger partial charge in [-0.3, -0.25) is 0 Å². The van der Waals surface area contributed by atoms with E-state index in [0.717, 1.165) is 10.8 Å². The van der Waals surface area contributed by atoms with Gasteiger partial charge in [0.15, 0.2) is 0 Å². The summed E-state index contributed by atoms with van der Waals surface area (Å²) in [5.74, 6) is -2.47. The van der Waals surface area contributed by atoms with Crippen LogP contribution < -0.4 is 0 Å². The van der Waals surface area contributed by atoms with Gasteiger partial charge in [0.25, 0.3) is 5.79 Å². The van der Waals surface area contributed by atoms with Crippen LogP contribution in [0.3, 0.4) is 0 Å². The zero-order valence-electron chi connectivity index (χ0n) is 12.1. The van der Waals surface area contributed by atoms with Gasteiger partial charge in [0.1, 0.15) is 11.3 Å². The molecule has 0 amide bonds. The second kappa shape index (κ2) is 4.87. The Hall–Kier alpha value is -2.82. The number of benzene rings is 2. The number of fused-ring (bicyclic) bond motifs is 1. The molecule has 22 heavy (non-hydrogen) atoms. The quantitative estimate of drug-likeness (QED) is 0.498. The van der Waals surface area contributed by atoms with E-state index in [1.54, 1.807) is 30.3 Å². The molecule has 0 unspecified atom stereocenters. The van der Waals surface area contributed by atoms with Gasteiger partial charge in [-0.25, -0.2) is 9.59 Å². The molecule has 1 heterocycles. The number of carbonyl (C=O) groups is 2. The van der Waals surface area contributed by atoms with Crippen LogP contribution in [0.4, 0.5) is 0 Å². The van der Waals surface area contributed by atoms with Crippen molar-refractivity contribution in [3.8, 4) is 5.75 Å². The van der Waals surface area contributed by atoms with Gasteiger partial charge in [0, 0.05) is 13.8 Å². The molecule has 0 radical (unpaired) electrons. The zero-order chi connectivity index (χ0) is 15.9. The first-order valence-corrected chi connectivity index (χ1v) is 6.75. The molecule has 112 valence electrons. The molecule has 1 fully saturated rings. The number of carbonyl (C=O) groups excluding carboxylic acids is 2. The third kappa shape index (κ3) is 2.65. The first kappa shape index (κ1) is 14.1. The molecule has 5 heteroatoms. The summed E-state index contributed by atoms with van der Waals surface area (Å²) in [6, 6.07) is 10.3. The number of phenols is 1. The number of phenolic OH excluding ortho intramolecular Hbond substituents is 1. The number of hydrogen-bond acceptors (Lipinski definition) is 5. The van der Waals surface area contributed by atoms with E-state index in [2.05, 4.69) is 0 Å². The largest absolute Gasteiger partial charge is 0.508 e. The zero-order valence-corrected chi connectivity index (χ0v) is 12.1. The number of cyclic esters (lactones) is 2. The molecule has 1 aliphatic rings. The SMILES string of the molecule is CC1(C)OC(=O)C(=Cc2ccc3cc(O)ccc3c2)C(=O)O1. The van der Waals surface area contributed by atoms with Crippen LogP contribution in [0.25, 0.3) is 16.8 Å². The fourth-order valence-corrected chi connectivity index (χ4v) is 2.29. The van der Waals surface area contributed by atoms with Crippen LogP contribution in [0, 0.1) is 0 Å². The lowest BCUT2D eigenvalue weighted by Crippen LogP contribution is -2.41. The van der Waals surface area contributed by atoms with Gasteiger partial charge < -0.3 is 14.6 Å². The molecule has 5 nitrogen and oxygen atoms in total. The van der Waals surface area contributed by atoms with E-state index in [4.69, 9.17) is 9.47 Å². The molecule has 2 aromatic rings. The fraction of sp³-hybridized carbons (Fsp3) is 0.176. The summed E-state index contributed by atoms with van der Waals surface area (Å²) in [5, 5.41) is 11.2. The Kier molecular flexibility index (Phi) is 3.13. The van der Waals surface area contributed by atoms with E-state index in [0.29, 0.717) is 5.56 Å². The smallest absolute Gasteiger partial charge is 0.348 e. The van der Waals surface area contributed by atoms with Gasteiger partial charge in [-0.05, 0) is 40.6 Å². The number of hydrogen-bond donors (Lipinski definition) is 1. The first-order valence-electron chi connectivity index (χ1n) is 6.75. The Morgan fingerprint density at radius 2 is 1.55 bits per heavy atom. The summed E-state index contributed by atoms with van der Waals surface area (Å²) in [6.45, 7) is 3.00. The Morgan fingerprint density at radius 1 is 0.955 bits per heavy atom. The molecule has 0 aliphatic carbocycles. The molecule has 0 spiro atoms. The lowest BCUT2D eigenvalue weighted by atomic mass is 10.0. The molecule has 3 rings (SSSR count). The molecule has 0 bridgehead atoms. The second-order valence-corrected chi connectivity index (χ2v) is 5.53. The van der Waals surface area contributed by atoms with Crippen molar-refractivity contribution in [2.75, 3.05) is 0 Å². The van der Waals surface area contributed by atoms with E-state index in [-0.39, 0.29) is 11.3 Å². The van der Waals surface area contributed by atoms with Crippen LogP contribution in [-0.4, -0.2) is 22.8 Å². The standard InChI is InChI=1S/C17H14O5/c1-17(2)21-15(19)14(16(20)22-17)8-10-3-4-12-9-13(18)6-5-11(12)7-10/h3-9,18H,1-2H3. The summed E-state index contributed by atoms with van der Waals surface area (Å²) in [6.07, 6.45) is 1.44. The molecular weight excluding hydrogens is 284 g/mol. The lowest BCUT2D eigenvalue weighted by molar-refractivity contribution is -0.222. The Balaban J connectivity index is 1.99. The van der Waals surface area contributed by atoms with Gasteiger partial charge in [-0.15, -0.1) is 0 Å². The van der Waals surface area contributed by atoms with E-state index < -0.39 is 17.7 Å². The fourth-order valence-electron chi connectivity index (χ4n) is 2.29. The van der Waals surface area contributed by atoms with Gasteiger partial charge >= 0.3 is 11.9 Å². The number of ether oxygens (including phenoxy) is 2. The molecule has 1 saturated heterocycles. The van der Waals surface area contributed by atoms with Crippen molar-refractivity contribution in [2.24, 2.45) is 0 Å². The first-order chi connectivity index (χ1) is 10.3. The maximum atomic E-state index is 11.9. The number of esters is 2. The minimum absolute atomic E-state index is 0.141. The molecule has 2 aromatic carbocycles. The normalized spacial score (nSPS) is 17.1. The van der Waals surface area contributed by atoms with E-state index in [1.807, 2.05) is 6.07 Å². The van der Waals surface area contributed by atoms with Crippen LogP contribution in [0.1, 0.15) is 19.4 Å². The Bertz CT molecular complexity index is 795. The molecule has 0 saturated carbocycles. The van der Waals surface area contributed by atoms with Crippen molar-refractivity contribution in [1.29, 1.82) is 0 Å². The average molecular weight is 298 g/mol. The van der Waals surface area contributed by atoms with Crippen molar-refractivity contribution in [2.45, 2.75) is 19.6 Å². The summed E-state index contributed by atoms with van der Waals surface area (Å²) >= 11 is 0. The highest BCUT2D eigenvalue weighted by Crippen LogP contribution is 2.26. The predicted octanol–water partition coefficient (Wildman–Crippen LogP) is 2.76. The van der Waals surface area contributed by atoms with Crippen LogP contribution in [0.5, 0.6) is 5.75 Å². The summed E-state index contributed by atoms with van der Waals surface area (Å²) in [5.41, 5.74) is 0.527. The van der Waals surface area contributed by atoms with Crippen molar-refractivity contribution in [3.05, 3.63) is 47.5 Å². The van der Waals surface area contributed by atoms with Crippen molar-refractivity contribution in [3.63, 3.8) is 0 Å². The monoisotopic (exact) mass is 298 g/mol. The molecule has 0 aromatic heterocycles. The van der Waals surface area contributed by atoms with E-state index in [9.17, 15) is 14.7 Å². The average Bonchev–Trinajstić information content (AvgIpc) is 2.42. The van der Waals surface area contributed by atoms with Gasteiger partial charge in [-0.2, -0.15) is 0 Å². The van der Waals surface area contributed by atoms with Crippen LogP contribution in [-0.2, 0) is 19.1 Å². The highest BCUT2D eigenvalue weighted by molar-refractivity contribution is 6.19. The minimum atomic E-state index is -1.24. The van der Waals surface area contributed by atoms with Crippen molar-refractivity contribution < 1.29 is 24.2 Å². The second-order valence-electron chi connectivity index (χ2n) is 5.53. The highest BCUT2D eigenvalue weighted by Gasteiger charge is 2.38. The van der Waals surface area contributed by atoms with Crippen LogP contribution >= 0.6 is 0 Å².